The van der Waals surface area contributed by atoms with Gasteiger partial charge in [0, 0.05) is 24.0 Å². The van der Waals surface area contributed by atoms with Gasteiger partial charge in [0.25, 0.3) is 0 Å². The molecule has 0 aliphatic carbocycles. The predicted molar refractivity (Wildman–Crippen MR) is 41.9 cm³/mol. The molecule has 0 bridgehead atoms. The Kier molecular flexibility index (Phi) is 1.74. The Labute approximate surface area is 69.3 Å². The van der Waals surface area contributed by atoms with Crippen LogP contribution in [0.1, 0.15) is 0 Å². The molecular formula is C8H5N4. The molecule has 0 saturated carbocycles. The molecule has 2 aromatic rings. The highest BCUT2D eigenvalue weighted by Crippen LogP contribution is 2.08. The zero-order valence-electron chi connectivity index (χ0n) is 6.18. The summed E-state index contributed by atoms with van der Waals surface area (Å²) < 4.78 is 0. The molecular weight excluding hydrogens is 152 g/mol. The summed E-state index contributed by atoms with van der Waals surface area (Å²) in [6.45, 7) is 0. The molecule has 0 aliphatic rings. The van der Waals surface area contributed by atoms with Crippen LogP contribution in [0.25, 0.3) is 11.4 Å². The van der Waals surface area contributed by atoms with E-state index < -0.39 is 0 Å². The second-order valence-electron chi connectivity index (χ2n) is 2.14. The van der Waals surface area contributed by atoms with Crippen molar-refractivity contribution in [3.63, 3.8) is 0 Å². The Bertz CT molecular complexity index is 308. The fourth-order valence-electron chi connectivity index (χ4n) is 0.836. The summed E-state index contributed by atoms with van der Waals surface area (Å²) in [6, 6.07) is 4.55. The second kappa shape index (κ2) is 3.04. The first-order valence-electron chi connectivity index (χ1n) is 3.42. The van der Waals surface area contributed by atoms with Crippen molar-refractivity contribution in [2.24, 2.45) is 0 Å². The fraction of sp³-hybridized carbons (Fsp3) is 0. The van der Waals surface area contributed by atoms with E-state index in [0.29, 0.717) is 5.82 Å². The molecule has 2 heterocycles. The van der Waals surface area contributed by atoms with E-state index >= 15 is 0 Å². The third kappa shape index (κ3) is 1.27. The van der Waals surface area contributed by atoms with Crippen molar-refractivity contribution < 1.29 is 0 Å². The fourth-order valence-corrected chi connectivity index (χ4v) is 0.836. The molecule has 0 amide bonds. The molecule has 0 spiro atoms. The van der Waals surface area contributed by atoms with Gasteiger partial charge >= 0.3 is 0 Å². The van der Waals surface area contributed by atoms with Gasteiger partial charge in [-0.2, -0.15) is 10.2 Å². The molecule has 1 radical (unpaired) electrons. The zero-order valence-corrected chi connectivity index (χ0v) is 6.18. The van der Waals surface area contributed by atoms with E-state index in [4.69, 9.17) is 0 Å². The normalized spacial score (nSPS) is 9.67. The highest BCUT2D eigenvalue weighted by molar-refractivity contribution is 5.51. The predicted octanol–water partition coefficient (Wildman–Crippen LogP) is 0.734. The Morgan fingerprint density at radius 1 is 1.08 bits per heavy atom. The summed E-state index contributed by atoms with van der Waals surface area (Å²) in [4.78, 5) is 8.03. The van der Waals surface area contributed by atoms with E-state index in [1.807, 2.05) is 6.07 Å². The van der Waals surface area contributed by atoms with Crippen LogP contribution in [-0.4, -0.2) is 20.2 Å². The molecule has 57 valence electrons. The van der Waals surface area contributed by atoms with E-state index in [-0.39, 0.29) is 0 Å². The van der Waals surface area contributed by atoms with Crippen molar-refractivity contribution in [1.82, 2.24) is 20.2 Å². The summed E-state index contributed by atoms with van der Waals surface area (Å²) in [5.41, 5.74) is 0.860. The molecule has 2 rings (SSSR count). The van der Waals surface area contributed by atoms with Crippen LogP contribution < -0.4 is 0 Å². The lowest BCUT2D eigenvalue weighted by atomic mass is 10.3. The Balaban J connectivity index is 2.46. The lowest BCUT2D eigenvalue weighted by molar-refractivity contribution is 1.02. The van der Waals surface area contributed by atoms with Crippen molar-refractivity contribution >= 4 is 0 Å². The van der Waals surface area contributed by atoms with E-state index in [1.165, 1.54) is 0 Å². The van der Waals surface area contributed by atoms with Crippen molar-refractivity contribution in [3.8, 4) is 11.4 Å². The average molecular weight is 157 g/mol. The van der Waals surface area contributed by atoms with Gasteiger partial charge in [-0.05, 0) is 6.07 Å². The standard InChI is InChI=1S/C8H5N4/c1-3-9-8(10-4-1)7-2-5-11-12-6-7/h2-6H. The molecule has 2 aromatic heterocycles. The minimum Gasteiger partial charge on any atom is -0.236 e. The highest BCUT2D eigenvalue weighted by Gasteiger charge is 1.97. The van der Waals surface area contributed by atoms with Gasteiger partial charge in [-0.3, -0.25) is 0 Å². The maximum absolute atomic E-state index is 4.01. The van der Waals surface area contributed by atoms with Crippen LogP contribution in [0.3, 0.4) is 0 Å². The summed E-state index contributed by atoms with van der Waals surface area (Å²) in [5, 5.41) is 7.38. The topological polar surface area (TPSA) is 51.6 Å². The number of nitrogens with zero attached hydrogens (tertiary/aromatic N) is 4. The smallest absolute Gasteiger partial charge is 0.160 e. The van der Waals surface area contributed by atoms with Crippen molar-refractivity contribution in [3.05, 3.63) is 36.9 Å². The van der Waals surface area contributed by atoms with Crippen molar-refractivity contribution in [2.75, 3.05) is 0 Å². The lowest BCUT2D eigenvalue weighted by Gasteiger charge is -1.94. The van der Waals surface area contributed by atoms with Gasteiger partial charge in [0.1, 0.15) is 0 Å². The average Bonchev–Trinajstić information content (AvgIpc) is 2.21. The Morgan fingerprint density at radius 2 is 1.92 bits per heavy atom. The van der Waals surface area contributed by atoms with Crippen molar-refractivity contribution in [1.29, 1.82) is 0 Å². The first kappa shape index (κ1) is 6.84. The van der Waals surface area contributed by atoms with Gasteiger partial charge in [0.2, 0.25) is 0 Å². The molecule has 4 heteroatoms. The SMILES string of the molecule is [c]1cnc(-c2ccnnc2)nc1. The Hall–Kier alpha value is -1.84. The first-order chi connectivity index (χ1) is 5.97. The van der Waals surface area contributed by atoms with Crippen molar-refractivity contribution in [2.45, 2.75) is 0 Å². The number of aromatic nitrogens is 4. The third-order valence-electron chi connectivity index (χ3n) is 1.37. The van der Waals surface area contributed by atoms with E-state index in [1.54, 1.807) is 24.8 Å². The van der Waals surface area contributed by atoms with Crippen LogP contribution in [0.4, 0.5) is 0 Å². The number of rotatable bonds is 1. The maximum atomic E-state index is 4.01. The van der Waals surface area contributed by atoms with Crippen LogP contribution in [0, 0.1) is 6.07 Å². The summed E-state index contributed by atoms with van der Waals surface area (Å²) in [6.07, 6.45) is 6.37. The van der Waals surface area contributed by atoms with Gasteiger partial charge in [0.05, 0.1) is 12.4 Å². The zero-order chi connectivity index (χ0) is 8.23. The van der Waals surface area contributed by atoms with Gasteiger partial charge in [-0.25, -0.2) is 9.97 Å². The Morgan fingerprint density at radius 3 is 2.58 bits per heavy atom. The van der Waals surface area contributed by atoms with Gasteiger partial charge in [-0.1, -0.05) is 0 Å². The highest BCUT2D eigenvalue weighted by atomic mass is 15.1. The summed E-state index contributed by atoms with van der Waals surface area (Å²) in [5.74, 6) is 0.642. The molecule has 12 heavy (non-hydrogen) atoms. The van der Waals surface area contributed by atoms with Crippen LogP contribution in [0.5, 0.6) is 0 Å². The monoisotopic (exact) mass is 157 g/mol. The molecule has 0 N–H and O–H groups in total. The van der Waals surface area contributed by atoms with Gasteiger partial charge < -0.3 is 0 Å². The molecule has 0 saturated heterocycles. The van der Waals surface area contributed by atoms with Gasteiger partial charge in [0.15, 0.2) is 5.82 Å². The molecule has 0 aromatic carbocycles. The molecule has 4 nitrogen and oxygen atoms in total. The molecule has 0 fully saturated rings. The van der Waals surface area contributed by atoms with E-state index in [9.17, 15) is 0 Å². The van der Waals surface area contributed by atoms with Crippen LogP contribution >= 0.6 is 0 Å². The van der Waals surface area contributed by atoms with Gasteiger partial charge in [-0.15, -0.1) is 0 Å². The number of hydrogen-bond donors (Lipinski definition) is 0. The second-order valence-corrected chi connectivity index (χ2v) is 2.14. The largest absolute Gasteiger partial charge is 0.236 e. The summed E-state index contributed by atoms with van der Waals surface area (Å²) in [7, 11) is 0. The van der Waals surface area contributed by atoms with Crippen LogP contribution in [-0.2, 0) is 0 Å². The van der Waals surface area contributed by atoms with E-state index in [0.717, 1.165) is 5.56 Å². The number of hydrogen-bond acceptors (Lipinski definition) is 4. The molecule has 0 aliphatic heterocycles. The maximum Gasteiger partial charge on any atom is 0.160 e. The van der Waals surface area contributed by atoms with E-state index in [2.05, 4.69) is 26.2 Å². The van der Waals surface area contributed by atoms with Crippen LogP contribution in [0.2, 0.25) is 0 Å². The molecule has 0 atom stereocenters. The summed E-state index contributed by atoms with van der Waals surface area (Å²) >= 11 is 0. The lowest BCUT2D eigenvalue weighted by Crippen LogP contribution is -1.88. The minimum absolute atomic E-state index is 0.642. The quantitative estimate of drug-likeness (QED) is 0.612. The minimum atomic E-state index is 0.642. The third-order valence-corrected chi connectivity index (χ3v) is 1.37. The van der Waals surface area contributed by atoms with Crippen LogP contribution in [0.15, 0.2) is 30.9 Å². The molecule has 0 unspecified atom stereocenters. The first-order valence-corrected chi connectivity index (χ1v) is 3.42.